The molecule has 7 heteroatoms. The second-order valence-corrected chi connectivity index (χ2v) is 6.03. The van der Waals surface area contributed by atoms with E-state index in [0.29, 0.717) is 18.7 Å². The Bertz CT molecular complexity index is 740. The summed E-state index contributed by atoms with van der Waals surface area (Å²) >= 11 is 0. The van der Waals surface area contributed by atoms with Crippen LogP contribution >= 0.6 is 0 Å². The number of anilines is 1. The van der Waals surface area contributed by atoms with Gasteiger partial charge in [-0.3, -0.25) is 0 Å². The number of aromatic nitrogens is 1. The highest BCUT2D eigenvalue weighted by atomic mass is 16.6. The minimum atomic E-state index is -0.749. The normalized spacial score (nSPS) is 26.4. The average molecular weight is 329 g/mol. The van der Waals surface area contributed by atoms with Crippen LogP contribution in [0.3, 0.4) is 0 Å². The number of hydrogen-bond acceptors (Lipinski definition) is 7. The third-order valence-electron chi connectivity index (χ3n) is 4.24. The molecule has 1 aliphatic rings. The Labute approximate surface area is 139 Å². The van der Waals surface area contributed by atoms with Crippen molar-refractivity contribution in [2.45, 2.75) is 37.8 Å². The molecule has 0 saturated carbocycles. The van der Waals surface area contributed by atoms with Crippen LogP contribution in [0.1, 0.15) is 36.5 Å². The molecule has 24 heavy (non-hydrogen) atoms. The summed E-state index contributed by atoms with van der Waals surface area (Å²) in [5, 5.41) is 22.3. The SMILES string of the molecule is CC1(OCc2ccccc2)C[C@@H](CO)O[C@H]1c1noc(C#N)c1N. The maximum atomic E-state index is 9.46. The van der Waals surface area contributed by atoms with Crippen molar-refractivity contribution in [1.82, 2.24) is 5.16 Å². The third kappa shape index (κ3) is 2.99. The molecule has 0 radical (unpaired) electrons. The van der Waals surface area contributed by atoms with Crippen molar-refractivity contribution in [1.29, 1.82) is 5.26 Å². The summed E-state index contributed by atoms with van der Waals surface area (Å²) in [6.45, 7) is 2.14. The first-order valence-corrected chi connectivity index (χ1v) is 7.66. The molecule has 2 heterocycles. The lowest BCUT2D eigenvalue weighted by atomic mass is 9.92. The summed E-state index contributed by atoms with van der Waals surface area (Å²) in [5.74, 6) is -0.0496. The van der Waals surface area contributed by atoms with Gasteiger partial charge in [-0.05, 0) is 12.5 Å². The topological polar surface area (TPSA) is 115 Å². The Hall–Kier alpha value is -2.40. The van der Waals surface area contributed by atoms with Crippen LogP contribution in [0.25, 0.3) is 0 Å². The van der Waals surface area contributed by atoms with E-state index in [1.807, 2.05) is 43.3 Å². The highest BCUT2D eigenvalue weighted by molar-refractivity contribution is 5.53. The Balaban J connectivity index is 1.85. The van der Waals surface area contributed by atoms with Crippen LogP contribution in [0, 0.1) is 11.3 Å². The summed E-state index contributed by atoms with van der Waals surface area (Å²) in [6, 6.07) is 11.6. The van der Waals surface area contributed by atoms with Gasteiger partial charge in [-0.1, -0.05) is 35.5 Å². The summed E-state index contributed by atoms with van der Waals surface area (Å²) in [7, 11) is 0. The van der Waals surface area contributed by atoms with E-state index in [9.17, 15) is 5.11 Å². The van der Waals surface area contributed by atoms with E-state index >= 15 is 0 Å². The Kier molecular flexibility index (Phi) is 4.53. The molecule has 0 amide bonds. The summed E-state index contributed by atoms with van der Waals surface area (Å²) in [5.41, 5.74) is 6.69. The van der Waals surface area contributed by atoms with Gasteiger partial charge in [-0.2, -0.15) is 5.26 Å². The average Bonchev–Trinajstić information content (AvgIpc) is 3.14. The summed E-state index contributed by atoms with van der Waals surface area (Å²) in [4.78, 5) is 0. The van der Waals surface area contributed by atoms with Gasteiger partial charge in [-0.15, -0.1) is 0 Å². The fourth-order valence-electron chi connectivity index (χ4n) is 2.94. The van der Waals surface area contributed by atoms with Crippen LogP contribution in [0.5, 0.6) is 0 Å². The van der Waals surface area contributed by atoms with Gasteiger partial charge in [0.05, 0.1) is 19.3 Å². The largest absolute Gasteiger partial charge is 0.394 e. The Morgan fingerprint density at radius 1 is 1.46 bits per heavy atom. The van der Waals surface area contributed by atoms with E-state index in [1.165, 1.54) is 0 Å². The van der Waals surface area contributed by atoms with Gasteiger partial charge >= 0.3 is 0 Å². The number of hydrogen-bond donors (Lipinski definition) is 2. The number of nitrogens with two attached hydrogens (primary N) is 1. The fraction of sp³-hybridized carbons (Fsp3) is 0.412. The number of aliphatic hydroxyl groups is 1. The lowest BCUT2D eigenvalue weighted by Crippen LogP contribution is -2.33. The minimum Gasteiger partial charge on any atom is -0.394 e. The minimum absolute atomic E-state index is 0.0496. The number of ether oxygens (including phenoxy) is 2. The molecule has 126 valence electrons. The molecule has 0 bridgehead atoms. The molecule has 0 aliphatic carbocycles. The predicted molar refractivity (Wildman–Crippen MR) is 84.6 cm³/mol. The molecule has 2 aromatic rings. The molecule has 7 nitrogen and oxygen atoms in total. The monoisotopic (exact) mass is 329 g/mol. The Morgan fingerprint density at radius 2 is 2.21 bits per heavy atom. The van der Waals surface area contributed by atoms with Crippen LogP contribution < -0.4 is 5.73 Å². The maximum absolute atomic E-state index is 9.46. The molecule has 1 fully saturated rings. The smallest absolute Gasteiger partial charge is 0.259 e. The van der Waals surface area contributed by atoms with Crippen LogP contribution in [0.2, 0.25) is 0 Å². The van der Waals surface area contributed by atoms with Crippen molar-refractivity contribution in [3.05, 3.63) is 47.3 Å². The molecule has 0 spiro atoms. The first kappa shape index (κ1) is 16.5. The molecule has 1 saturated heterocycles. The molecule has 1 aromatic heterocycles. The first-order chi connectivity index (χ1) is 11.6. The van der Waals surface area contributed by atoms with Gasteiger partial charge < -0.3 is 24.8 Å². The van der Waals surface area contributed by atoms with Crippen LogP contribution in [0.4, 0.5) is 5.69 Å². The molecule has 3 N–H and O–H groups in total. The second kappa shape index (κ2) is 6.61. The molecule has 1 aromatic carbocycles. The van der Waals surface area contributed by atoms with Crippen LogP contribution in [-0.2, 0) is 16.1 Å². The van der Waals surface area contributed by atoms with E-state index in [2.05, 4.69) is 5.16 Å². The van der Waals surface area contributed by atoms with Crippen molar-refractivity contribution in [2.75, 3.05) is 12.3 Å². The zero-order chi connectivity index (χ0) is 17.2. The van der Waals surface area contributed by atoms with E-state index in [4.69, 9.17) is 25.0 Å². The lowest BCUT2D eigenvalue weighted by Gasteiger charge is -2.29. The van der Waals surface area contributed by atoms with Gasteiger partial charge in [0.25, 0.3) is 5.76 Å². The number of rotatable bonds is 5. The van der Waals surface area contributed by atoms with Crippen LogP contribution in [0.15, 0.2) is 34.9 Å². The van der Waals surface area contributed by atoms with Crippen molar-refractivity contribution in [3.63, 3.8) is 0 Å². The molecular weight excluding hydrogens is 310 g/mol. The standard InChI is InChI=1S/C17H19N3O4/c1-17(22-10-11-5-3-2-4-6-11)7-12(9-21)23-16(17)15-14(19)13(8-18)24-20-15/h2-6,12,16,21H,7,9-10,19H2,1H3/t12-,16-,17?/m0/s1. The Morgan fingerprint density at radius 3 is 2.83 bits per heavy atom. The quantitative estimate of drug-likeness (QED) is 0.861. The number of benzene rings is 1. The maximum Gasteiger partial charge on any atom is 0.259 e. The molecule has 3 atom stereocenters. The van der Waals surface area contributed by atoms with Gasteiger partial charge in [0.15, 0.2) is 0 Å². The van der Waals surface area contributed by atoms with Crippen molar-refractivity contribution < 1.29 is 19.1 Å². The van der Waals surface area contributed by atoms with Crippen molar-refractivity contribution in [2.24, 2.45) is 0 Å². The van der Waals surface area contributed by atoms with E-state index in [1.54, 1.807) is 0 Å². The number of nitrogens with zero attached hydrogens (tertiary/aromatic N) is 2. The van der Waals surface area contributed by atoms with Crippen LogP contribution in [-0.4, -0.2) is 28.6 Å². The number of aliphatic hydroxyl groups excluding tert-OH is 1. The number of nitriles is 1. The molecule has 3 rings (SSSR count). The predicted octanol–water partition coefficient (Wildman–Crippen LogP) is 1.93. The highest BCUT2D eigenvalue weighted by Crippen LogP contribution is 2.45. The van der Waals surface area contributed by atoms with Gasteiger partial charge in [0, 0.05) is 6.42 Å². The second-order valence-electron chi connectivity index (χ2n) is 6.03. The van der Waals surface area contributed by atoms with Gasteiger partial charge in [0.2, 0.25) is 0 Å². The molecule has 1 aliphatic heterocycles. The van der Waals surface area contributed by atoms with Crippen molar-refractivity contribution >= 4 is 5.69 Å². The summed E-state index contributed by atoms with van der Waals surface area (Å²) < 4.78 is 16.9. The van der Waals surface area contributed by atoms with Gasteiger partial charge in [0.1, 0.15) is 29.2 Å². The van der Waals surface area contributed by atoms with E-state index in [0.717, 1.165) is 5.56 Å². The molecule has 1 unspecified atom stereocenters. The molecular formula is C17H19N3O4. The lowest BCUT2D eigenvalue weighted by molar-refractivity contribution is -0.0981. The number of nitrogen functional groups attached to an aromatic ring is 1. The van der Waals surface area contributed by atoms with Crippen molar-refractivity contribution in [3.8, 4) is 6.07 Å². The highest BCUT2D eigenvalue weighted by Gasteiger charge is 2.49. The summed E-state index contributed by atoms with van der Waals surface area (Å²) in [6.07, 6.45) is -0.531. The van der Waals surface area contributed by atoms with E-state index in [-0.39, 0.29) is 18.1 Å². The zero-order valence-corrected chi connectivity index (χ0v) is 13.3. The zero-order valence-electron chi connectivity index (χ0n) is 13.3. The third-order valence-corrected chi connectivity index (χ3v) is 4.24. The fourth-order valence-corrected chi connectivity index (χ4v) is 2.94. The first-order valence-electron chi connectivity index (χ1n) is 7.66. The van der Waals surface area contributed by atoms with Gasteiger partial charge in [-0.25, -0.2) is 0 Å². The van der Waals surface area contributed by atoms with E-state index < -0.39 is 17.8 Å².